The third-order valence-corrected chi connectivity index (χ3v) is 4.22. The molecular formula is C11H18BrNO2S. The van der Waals surface area contributed by atoms with Crippen LogP contribution in [0.1, 0.15) is 17.8 Å². The lowest BCUT2D eigenvalue weighted by Gasteiger charge is -2.13. The molecule has 0 fully saturated rings. The first-order valence-corrected chi connectivity index (χ1v) is 6.96. The van der Waals surface area contributed by atoms with E-state index in [2.05, 4.69) is 39.6 Å². The second-order valence-electron chi connectivity index (χ2n) is 3.41. The molecule has 0 saturated carbocycles. The molecule has 0 aliphatic carbocycles. The molecule has 1 aromatic rings. The number of rotatable bonds is 8. The third kappa shape index (κ3) is 4.93. The fraction of sp³-hybridized carbons (Fsp3) is 0.636. The molecule has 1 unspecified atom stereocenters. The second kappa shape index (κ2) is 8.20. The Hall–Kier alpha value is 0.0600. The number of thiophene rings is 1. The molecule has 16 heavy (non-hydrogen) atoms. The maximum Gasteiger partial charge on any atom is 0.0700 e. The third-order valence-electron chi connectivity index (χ3n) is 2.17. The van der Waals surface area contributed by atoms with Gasteiger partial charge in [-0.2, -0.15) is 0 Å². The van der Waals surface area contributed by atoms with E-state index in [1.807, 2.05) is 0 Å². The minimum Gasteiger partial charge on any atom is -0.382 e. The Balaban J connectivity index is 2.11. The summed E-state index contributed by atoms with van der Waals surface area (Å²) in [4.78, 5) is 1.33. The van der Waals surface area contributed by atoms with Crippen molar-refractivity contribution in [2.24, 2.45) is 0 Å². The maximum absolute atomic E-state index is 5.38. The van der Waals surface area contributed by atoms with Gasteiger partial charge in [0.1, 0.15) is 0 Å². The van der Waals surface area contributed by atoms with Gasteiger partial charge in [-0.3, -0.25) is 0 Å². The monoisotopic (exact) mass is 307 g/mol. The summed E-state index contributed by atoms with van der Waals surface area (Å²) in [6.45, 7) is 5.05. The summed E-state index contributed by atoms with van der Waals surface area (Å²) in [5.41, 5.74) is 0. The SMILES string of the molecule is COCCOCCNC(C)c1sccc1Br. The lowest BCUT2D eigenvalue weighted by atomic mass is 10.3. The van der Waals surface area contributed by atoms with E-state index >= 15 is 0 Å². The van der Waals surface area contributed by atoms with E-state index in [1.165, 1.54) is 9.35 Å². The van der Waals surface area contributed by atoms with Crippen molar-refractivity contribution in [2.75, 3.05) is 33.5 Å². The molecular weight excluding hydrogens is 290 g/mol. The lowest BCUT2D eigenvalue weighted by molar-refractivity contribution is 0.0712. The molecule has 0 saturated heterocycles. The highest BCUT2D eigenvalue weighted by Crippen LogP contribution is 2.28. The predicted octanol–water partition coefficient (Wildman–Crippen LogP) is 2.82. The Morgan fingerprint density at radius 1 is 1.44 bits per heavy atom. The van der Waals surface area contributed by atoms with Crippen molar-refractivity contribution in [3.05, 3.63) is 20.8 Å². The summed E-state index contributed by atoms with van der Waals surface area (Å²) in [6, 6.07) is 2.44. The molecule has 0 aliphatic heterocycles. The summed E-state index contributed by atoms with van der Waals surface area (Å²) in [7, 11) is 1.68. The van der Waals surface area contributed by atoms with E-state index in [9.17, 15) is 0 Å². The van der Waals surface area contributed by atoms with Crippen LogP contribution in [-0.2, 0) is 9.47 Å². The fourth-order valence-electron chi connectivity index (χ4n) is 1.30. The van der Waals surface area contributed by atoms with Crippen molar-refractivity contribution >= 4 is 27.3 Å². The van der Waals surface area contributed by atoms with Crippen molar-refractivity contribution in [1.29, 1.82) is 0 Å². The first-order chi connectivity index (χ1) is 7.75. The number of methoxy groups -OCH3 is 1. The van der Waals surface area contributed by atoms with Gasteiger partial charge in [-0.1, -0.05) is 0 Å². The molecule has 0 amide bonds. The number of ether oxygens (including phenoxy) is 2. The zero-order chi connectivity index (χ0) is 11.8. The van der Waals surface area contributed by atoms with E-state index in [1.54, 1.807) is 18.4 Å². The van der Waals surface area contributed by atoms with E-state index in [0.29, 0.717) is 19.3 Å². The summed E-state index contributed by atoms with van der Waals surface area (Å²) in [5, 5.41) is 5.51. The summed E-state index contributed by atoms with van der Waals surface area (Å²) < 4.78 is 11.4. The van der Waals surface area contributed by atoms with Crippen LogP contribution in [0.3, 0.4) is 0 Å². The largest absolute Gasteiger partial charge is 0.382 e. The molecule has 0 spiro atoms. The smallest absolute Gasteiger partial charge is 0.0700 e. The van der Waals surface area contributed by atoms with Gasteiger partial charge in [-0.05, 0) is 34.3 Å². The van der Waals surface area contributed by atoms with Gasteiger partial charge in [0.05, 0.1) is 19.8 Å². The van der Waals surface area contributed by atoms with Crippen molar-refractivity contribution in [3.8, 4) is 0 Å². The van der Waals surface area contributed by atoms with Crippen LogP contribution in [0, 0.1) is 0 Å². The van der Waals surface area contributed by atoms with Crippen molar-refractivity contribution < 1.29 is 9.47 Å². The predicted molar refractivity (Wildman–Crippen MR) is 71.1 cm³/mol. The molecule has 3 nitrogen and oxygen atoms in total. The number of hydrogen-bond donors (Lipinski definition) is 1. The Bertz CT molecular complexity index is 293. The van der Waals surface area contributed by atoms with Gasteiger partial charge < -0.3 is 14.8 Å². The highest BCUT2D eigenvalue weighted by Gasteiger charge is 2.09. The number of nitrogens with one attached hydrogen (secondary N) is 1. The van der Waals surface area contributed by atoms with Gasteiger partial charge in [0, 0.05) is 29.0 Å². The first-order valence-electron chi connectivity index (χ1n) is 5.28. The van der Waals surface area contributed by atoms with Crippen LogP contribution in [0.15, 0.2) is 15.9 Å². The molecule has 0 aromatic carbocycles. The average molecular weight is 308 g/mol. The molecule has 1 heterocycles. The van der Waals surface area contributed by atoms with Crippen LogP contribution < -0.4 is 5.32 Å². The first kappa shape index (κ1) is 14.1. The topological polar surface area (TPSA) is 30.5 Å². The van der Waals surface area contributed by atoms with E-state index in [4.69, 9.17) is 9.47 Å². The van der Waals surface area contributed by atoms with Gasteiger partial charge in [0.15, 0.2) is 0 Å². The van der Waals surface area contributed by atoms with E-state index < -0.39 is 0 Å². The standard InChI is InChI=1S/C11H18BrNO2S/c1-9(11-10(12)3-8-16-11)13-4-5-15-7-6-14-2/h3,8-9,13H,4-7H2,1-2H3. The second-order valence-corrected chi connectivity index (χ2v) is 5.22. The van der Waals surface area contributed by atoms with Crippen molar-refractivity contribution in [2.45, 2.75) is 13.0 Å². The normalized spacial score (nSPS) is 12.9. The van der Waals surface area contributed by atoms with Crippen LogP contribution in [0.5, 0.6) is 0 Å². The maximum atomic E-state index is 5.38. The molecule has 1 atom stereocenters. The highest BCUT2D eigenvalue weighted by atomic mass is 79.9. The average Bonchev–Trinajstić information content (AvgIpc) is 2.69. The Labute approximate surface area is 109 Å². The van der Waals surface area contributed by atoms with Crippen LogP contribution in [0.25, 0.3) is 0 Å². The Kier molecular flexibility index (Phi) is 7.23. The van der Waals surface area contributed by atoms with Crippen LogP contribution in [-0.4, -0.2) is 33.5 Å². The summed E-state index contributed by atoms with van der Waals surface area (Å²) >= 11 is 5.29. The summed E-state index contributed by atoms with van der Waals surface area (Å²) in [6.07, 6.45) is 0. The van der Waals surface area contributed by atoms with Gasteiger partial charge in [-0.15, -0.1) is 11.3 Å². The Morgan fingerprint density at radius 2 is 2.25 bits per heavy atom. The number of halogens is 1. The molecule has 0 radical (unpaired) electrons. The lowest BCUT2D eigenvalue weighted by Crippen LogP contribution is -2.23. The summed E-state index contributed by atoms with van der Waals surface area (Å²) in [5.74, 6) is 0. The van der Waals surface area contributed by atoms with Crippen LogP contribution in [0.4, 0.5) is 0 Å². The molecule has 0 bridgehead atoms. The number of hydrogen-bond acceptors (Lipinski definition) is 4. The van der Waals surface area contributed by atoms with Gasteiger partial charge in [0.2, 0.25) is 0 Å². The minimum absolute atomic E-state index is 0.361. The zero-order valence-electron chi connectivity index (χ0n) is 9.66. The molecule has 1 N–H and O–H groups in total. The molecule has 0 aliphatic rings. The van der Waals surface area contributed by atoms with Crippen molar-refractivity contribution in [1.82, 2.24) is 5.32 Å². The van der Waals surface area contributed by atoms with Crippen LogP contribution in [0.2, 0.25) is 0 Å². The minimum atomic E-state index is 0.361. The van der Waals surface area contributed by atoms with Gasteiger partial charge in [0.25, 0.3) is 0 Å². The zero-order valence-corrected chi connectivity index (χ0v) is 12.1. The van der Waals surface area contributed by atoms with Gasteiger partial charge in [-0.25, -0.2) is 0 Å². The van der Waals surface area contributed by atoms with Crippen LogP contribution >= 0.6 is 27.3 Å². The molecule has 92 valence electrons. The van der Waals surface area contributed by atoms with E-state index in [0.717, 1.165) is 13.2 Å². The molecule has 5 heteroatoms. The van der Waals surface area contributed by atoms with Crippen molar-refractivity contribution in [3.63, 3.8) is 0 Å². The fourth-order valence-corrected chi connectivity index (χ4v) is 3.05. The Morgan fingerprint density at radius 3 is 2.88 bits per heavy atom. The molecule has 1 aromatic heterocycles. The quantitative estimate of drug-likeness (QED) is 0.749. The van der Waals surface area contributed by atoms with Gasteiger partial charge >= 0.3 is 0 Å². The molecule has 1 rings (SSSR count). The highest BCUT2D eigenvalue weighted by molar-refractivity contribution is 9.10. The van der Waals surface area contributed by atoms with E-state index in [-0.39, 0.29) is 0 Å².